The van der Waals surface area contributed by atoms with Gasteiger partial charge in [0.1, 0.15) is 5.76 Å². The summed E-state index contributed by atoms with van der Waals surface area (Å²) in [6.45, 7) is 4.91. The highest BCUT2D eigenvalue weighted by Gasteiger charge is 2.20. The molecule has 23 heavy (non-hydrogen) atoms. The number of rotatable bonds is 5. The molecule has 1 fully saturated rings. The van der Waals surface area contributed by atoms with Crippen molar-refractivity contribution in [1.82, 2.24) is 15.1 Å². The van der Waals surface area contributed by atoms with Crippen molar-refractivity contribution < 1.29 is 9.21 Å². The molecule has 1 aromatic heterocycles. The maximum absolute atomic E-state index is 12.1. The topological polar surface area (TPSA) is 48.7 Å². The van der Waals surface area contributed by atoms with Crippen LogP contribution in [0.3, 0.4) is 0 Å². The number of piperazine rings is 1. The summed E-state index contributed by atoms with van der Waals surface area (Å²) in [6.07, 6.45) is 2.68. The van der Waals surface area contributed by atoms with E-state index in [9.17, 15) is 4.79 Å². The summed E-state index contributed by atoms with van der Waals surface area (Å²) in [4.78, 5) is 16.4. The van der Waals surface area contributed by atoms with E-state index >= 15 is 0 Å². The summed E-state index contributed by atoms with van der Waals surface area (Å²) in [6, 6.07) is 14.2. The number of urea groups is 1. The van der Waals surface area contributed by atoms with Crippen LogP contribution in [0.25, 0.3) is 0 Å². The van der Waals surface area contributed by atoms with E-state index in [0.29, 0.717) is 6.54 Å². The molecule has 0 saturated carbocycles. The molecule has 5 nitrogen and oxygen atoms in total. The molecule has 3 rings (SSSR count). The highest BCUT2D eigenvalue weighted by atomic mass is 16.3. The minimum atomic E-state index is -0.0101. The molecule has 1 aliphatic heterocycles. The van der Waals surface area contributed by atoms with Gasteiger partial charge in [0.2, 0.25) is 0 Å². The summed E-state index contributed by atoms with van der Waals surface area (Å²) >= 11 is 0. The first-order valence-corrected chi connectivity index (χ1v) is 8.13. The van der Waals surface area contributed by atoms with Gasteiger partial charge in [0.25, 0.3) is 0 Å². The molecule has 5 heteroatoms. The zero-order valence-electron chi connectivity index (χ0n) is 13.3. The molecule has 2 heterocycles. The number of carbonyl (C=O) groups is 1. The lowest BCUT2D eigenvalue weighted by Crippen LogP contribution is -2.51. The van der Waals surface area contributed by atoms with E-state index in [1.165, 1.54) is 5.56 Å². The van der Waals surface area contributed by atoms with Crippen molar-refractivity contribution in [2.75, 3.05) is 32.7 Å². The van der Waals surface area contributed by atoms with E-state index < -0.39 is 0 Å². The van der Waals surface area contributed by atoms with Crippen molar-refractivity contribution in [3.63, 3.8) is 0 Å². The van der Waals surface area contributed by atoms with Crippen LogP contribution in [0.1, 0.15) is 11.3 Å². The fourth-order valence-corrected chi connectivity index (χ4v) is 2.79. The molecule has 2 amide bonds. The zero-order valence-corrected chi connectivity index (χ0v) is 13.3. The Labute approximate surface area is 136 Å². The molecule has 0 atom stereocenters. The number of benzene rings is 1. The van der Waals surface area contributed by atoms with E-state index in [2.05, 4.69) is 34.5 Å². The normalized spacial score (nSPS) is 15.6. The minimum Gasteiger partial charge on any atom is -0.467 e. The molecule has 1 N–H and O–H groups in total. The maximum Gasteiger partial charge on any atom is 0.317 e. The van der Waals surface area contributed by atoms with Gasteiger partial charge >= 0.3 is 6.03 Å². The van der Waals surface area contributed by atoms with E-state index in [1.807, 2.05) is 23.1 Å². The highest BCUT2D eigenvalue weighted by molar-refractivity contribution is 5.74. The van der Waals surface area contributed by atoms with E-state index in [0.717, 1.165) is 44.9 Å². The van der Waals surface area contributed by atoms with Crippen molar-refractivity contribution in [3.05, 3.63) is 60.1 Å². The van der Waals surface area contributed by atoms with E-state index in [-0.39, 0.29) is 6.03 Å². The second kappa shape index (κ2) is 7.83. The Morgan fingerprint density at radius 3 is 2.52 bits per heavy atom. The van der Waals surface area contributed by atoms with Crippen LogP contribution in [0.15, 0.2) is 53.1 Å². The van der Waals surface area contributed by atoms with Crippen LogP contribution in [-0.4, -0.2) is 48.6 Å². The van der Waals surface area contributed by atoms with Gasteiger partial charge < -0.3 is 14.6 Å². The number of hydrogen-bond acceptors (Lipinski definition) is 3. The zero-order chi connectivity index (χ0) is 15.9. The van der Waals surface area contributed by atoms with Gasteiger partial charge in [-0.15, -0.1) is 0 Å². The van der Waals surface area contributed by atoms with E-state index in [1.54, 1.807) is 6.26 Å². The number of hydrogen-bond donors (Lipinski definition) is 1. The molecule has 122 valence electrons. The van der Waals surface area contributed by atoms with Crippen LogP contribution in [0, 0.1) is 0 Å². The van der Waals surface area contributed by atoms with E-state index in [4.69, 9.17) is 4.42 Å². The van der Waals surface area contributed by atoms with Crippen LogP contribution in [-0.2, 0) is 13.0 Å². The Hall–Kier alpha value is -2.27. The first kappa shape index (κ1) is 15.6. The third-order valence-corrected chi connectivity index (χ3v) is 4.21. The fourth-order valence-electron chi connectivity index (χ4n) is 2.79. The van der Waals surface area contributed by atoms with Crippen molar-refractivity contribution in [2.24, 2.45) is 0 Å². The Balaban J connectivity index is 1.37. The van der Waals surface area contributed by atoms with Gasteiger partial charge in [-0.2, -0.15) is 0 Å². The standard InChI is InChI=1S/C18H23N3O2/c22-18(19-15-17-7-4-14-23-17)21-12-10-20(11-13-21)9-8-16-5-2-1-3-6-16/h1-7,14H,8-13,15H2,(H,19,22). The number of nitrogens with one attached hydrogen (secondary N) is 1. The molecule has 1 saturated heterocycles. The largest absolute Gasteiger partial charge is 0.467 e. The second-order valence-corrected chi connectivity index (χ2v) is 5.80. The van der Waals surface area contributed by atoms with Gasteiger partial charge in [-0.1, -0.05) is 30.3 Å². The second-order valence-electron chi connectivity index (χ2n) is 5.80. The summed E-state index contributed by atoms with van der Waals surface area (Å²) < 4.78 is 5.22. The lowest BCUT2D eigenvalue weighted by molar-refractivity contribution is 0.139. The van der Waals surface area contributed by atoms with Crippen LogP contribution in [0.5, 0.6) is 0 Å². The van der Waals surface area contributed by atoms with Crippen LogP contribution < -0.4 is 5.32 Å². The van der Waals surface area contributed by atoms with Crippen LogP contribution in [0.4, 0.5) is 4.79 Å². The molecule has 0 bridgehead atoms. The molecular formula is C18H23N3O2. The molecule has 2 aromatic rings. The third-order valence-electron chi connectivity index (χ3n) is 4.21. The minimum absolute atomic E-state index is 0.0101. The third kappa shape index (κ3) is 4.60. The average molecular weight is 313 g/mol. The number of amides is 2. The summed E-state index contributed by atoms with van der Waals surface area (Å²) in [5, 5.41) is 2.90. The first-order chi connectivity index (χ1) is 11.3. The average Bonchev–Trinajstić information content (AvgIpc) is 3.13. The van der Waals surface area contributed by atoms with Gasteiger partial charge in [0, 0.05) is 32.7 Å². The lowest BCUT2D eigenvalue weighted by atomic mass is 10.1. The highest BCUT2D eigenvalue weighted by Crippen LogP contribution is 2.06. The smallest absolute Gasteiger partial charge is 0.317 e. The molecule has 1 aliphatic rings. The molecule has 0 spiro atoms. The summed E-state index contributed by atoms with van der Waals surface area (Å²) in [7, 11) is 0. The van der Waals surface area contributed by atoms with Gasteiger partial charge in [0.05, 0.1) is 12.8 Å². The summed E-state index contributed by atoms with van der Waals surface area (Å²) in [5.41, 5.74) is 1.37. The fraction of sp³-hybridized carbons (Fsp3) is 0.389. The van der Waals surface area contributed by atoms with Crippen LogP contribution in [0.2, 0.25) is 0 Å². The number of furan rings is 1. The van der Waals surface area contributed by atoms with Gasteiger partial charge in [-0.05, 0) is 24.1 Å². The first-order valence-electron chi connectivity index (χ1n) is 8.13. The predicted octanol–water partition coefficient (Wildman–Crippen LogP) is 2.35. The van der Waals surface area contributed by atoms with Gasteiger partial charge in [0.15, 0.2) is 0 Å². The Morgan fingerprint density at radius 1 is 1.04 bits per heavy atom. The molecule has 0 radical (unpaired) electrons. The predicted molar refractivity (Wildman–Crippen MR) is 89.1 cm³/mol. The Bertz CT molecular complexity index is 590. The van der Waals surface area contributed by atoms with Crippen molar-refractivity contribution in [2.45, 2.75) is 13.0 Å². The lowest BCUT2D eigenvalue weighted by Gasteiger charge is -2.34. The Morgan fingerprint density at radius 2 is 1.83 bits per heavy atom. The van der Waals surface area contributed by atoms with Crippen molar-refractivity contribution in [1.29, 1.82) is 0 Å². The molecular weight excluding hydrogens is 290 g/mol. The van der Waals surface area contributed by atoms with Gasteiger partial charge in [-0.25, -0.2) is 4.79 Å². The van der Waals surface area contributed by atoms with Crippen molar-refractivity contribution in [3.8, 4) is 0 Å². The molecule has 0 unspecified atom stereocenters. The summed E-state index contributed by atoms with van der Waals surface area (Å²) in [5.74, 6) is 0.778. The maximum atomic E-state index is 12.1. The van der Waals surface area contributed by atoms with Crippen molar-refractivity contribution >= 4 is 6.03 Å². The molecule has 1 aromatic carbocycles. The number of carbonyl (C=O) groups excluding carboxylic acids is 1. The monoisotopic (exact) mass is 313 g/mol. The number of nitrogens with zero attached hydrogens (tertiary/aromatic N) is 2. The Kier molecular flexibility index (Phi) is 5.32. The molecule has 0 aliphatic carbocycles. The van der Waals surface area contributed by atoms with Gasteiger partial charge in [-0.3, -0.25) is 4.90 Å². The quantitative estimate of drug-likeness (QED) is 0.922. The van der Waals surface area contributed by atoms with Crippen LogP contribution >= 0.6 is 0 Å². The SMILES string of the molecule is O=C(NCc1ccco1)N1CCN(CCc2ccccc2)CC1.